The van der Waals surface area contributed by atoms with E-state index in [1.165, 1.54) is 186 Å². The molecule has 58 heavy (non-hydrogen) atoms. The lowest BCUT2D eigenvalue weighted by atomic mass is 10.0. The number of carbonyl (C=O) groups is 3. The summed E-state index contributed by atoms with van der Waals surface area (Å²) in [5, 5.41) is 0. The lowest BCUT2D eigenvalue weighted by Crippen LogP contribution is -2.30. The summed E-state index contributed by atoms with van der Waals surface area (Å²) >= 11 is 0. The van der Waals surface area contributed by atoms with Crippen LogP contribution in [0.4, 0.5) is 0 Å². The zero-order chi connectivity index (χ0) is 42.4. The van der Waals surface area contributed by atoms with Gasteiger partial charge in [0.2, 0.25) is 0 Å². The van der Waals surface area contributed by atoms with Gasteiger partial charge in [0.25, 0.3) is 0 Å². The molecule has 0 radical (unpaired) electrons. The fraction of sp³-hybridized carbons (Fsp3) is 0.942. The molecule has 0 rings (SSSR count). The molecule has 0 N–H and O–H groups in total. The zero-order valence-corrected chi connectivity index (χ0v) is 39.5. The lowest BCUT2D eigenvalue weighted by Gasteiger charge is -2.18. The summed E-state index contributed by atoms with van der Waals surface area (Å²) in [4.78, 5) is 37.9. The summed E-state index contributed by atoms with van der Waals surface area (Å²) in [5.41, 5.74) is 0. The molecular weight excluding hydrogens is 721 g/mol. The van der Waals surface area contributed by atoms with Crippen LogP contribution in [-0.2, 0) is 28.6 Å². The Balaban J connectivity index is 4.29. The molecule has 0 saturated carbocycles. The maximum Gasteiger partial charge on any atom is 0.306 e. The maximum absolute atomic E-state index is 12.8. The number of hydrogen-bond donors (Lipinski definition) is 0. The van der Waals surface area contributed by atoms with Crippen LogP contribution in [0.5, 0.6) is 0 Å². The van der Waals surface area contributed by atoms with Crippen molar-refractivity contribution in [2.75, 3.05) is 13.2 Å². The van der Waals surface area contributed by atoms with Crippen LogP contribution in [0.1, 0.15) is 291 Å². The highest BCUT2D eigenvalue weighted by molar-refractivity contribution is 5.71. The van der Waals surface area contributed by atoms with Gasteiger partial charge in [-0.05, 0) is 25.2 Å². The van der Waals surface area contributed by atoms with Crippen molar-refractivity contribution in [3.8, 4) is 0 Å². The van der Waals surface area contributed by atoms with E-state index < -0.39 is 6.10 Å². The van der Waals surface area contributed by atoms with Gasteiger partial charge in [0.15, 0.2) is 6.10 Å². The van der Waals surface area contributed by atoms with Gasteiger partial charge in [0.1, 0.15) is 13.2 Å². The van der Waals surface area contributed by atoms with Gasteiger partial charge in [-0.3, -0.25) is 14.4 Å². The fourth-order valence-electron chi connectivity index (χ4n) is 7.86. The SMILES string of the molecule is CCCCCCCCCCCCCCCCCCC(=O)OC[C@H](COC(=O)CCCCCCCCCCCC(C)C)OC(=O)CCCCCCCCCCCCCC. The number of esters is 3. The van der Waals surface area contributed by atoms with Crippen molar-refractivity contribution in [3.05, 3.63) is 0 Å². The standard InChI is InChI=1S/C52H100O6/c1-5-7-9-11-13-15-17-19-20-21-22-24-27-31-35-39-43-50(53)56-46-49(58-52(55)45-41-37-33-28-23-18-16-14-12-10-8-6-2)47-57-51(54)44-40-36-32-29-25-26-30-34-38-42-48(3)4/h48-49H,5-47H2,1-4H3/t49-/m1/s1. The Morgan fingerprint density at radius 1 is 0.328 bits per heavy atom. The third kappa shape index (κ3) is 45.5. The average molecular weight is 821 g/mol. The Morgan fingerprint density at radius 2 is 0.569 bits per heavy atom. The monoisotopic (exact) mass is 821 g/mol. The minimum atomic E-state index is -0.760. The Labute approximate surface area is 361 Å². The molecule has 0 spiro atoms. The van der Waals surface area contributed by atoms with Crippen LogP contribution in [0.25, 0.3) is 0 Å². The van der Waals surface area contributed by atoms with Crippen LogP contribution in [-0.4, -0.2) is 37.2 Å². The van der Waals surface area contributed by atoms with Crippen LogP contribution >= 0.6 is 0 Å². The second-order valence-electron chi connectivity index (χ2n) is 18.3. The van der Waals surface area contributed by atoms with E-state index in [1.54, 1.807) is 0 Å². The molecule has 0 aliphatic rings. The highest BCUT2D eigenvalue weighted by Gasteiger charge is 2.19. The molecule has 0 amide bonds. The second-order valence-corrected chi connectivity index (χ2v) is 18.3. The summed E-state index contributed by atoms with van der Waals surface area (Å²) in [6, 6.07) is 0. The lowest BCUT2D eigenvalue weighted by molar-refractivity contribution is -0.167. The number of hydrogen-bond acceptors (Lipinski definition) is 6. The van der Waals surface area contributed by atoms with Gasteiger partial charge in [-0.15, -0.1) is 0 Å². The predicted molar refractivity (Wildman–Crippen MR) is 247 cm³/mol. The average Bonchev–Trinajstić information content (AvgIpc) is 3.21. The van der Waals surface area contributed by atoms with Gasteiger partial charge < -0.3 is 14.2 Å². The third-order valence-corrected chi connectivity index (χ3v) is 11.8. The Bertz CT molecular complexity index is 872. The van der Waals surface area contributed by atoms with Crippen LogP contribution in [0, 0.1) is 5.92 Å². The molecular formula is C52H100O6. The molecule has 0 bridgehead atoms. The highest BCUT2D eigenvalue weighted by atomic mass is 16.6. The maximum atomic E-state index is 12.8. The highest BCUT2D eigenvalue weighted by Crippen LogP contribution is 2.17. The largest absolute Gasteiger partial charge is 0.462 e. The summed E-state index contributed by atoms with van der Waals surface area (Å²) < 4.78 is 16.8. The summed E-state index contributed by atoms with van der Waals surface area (Å²) in [6.07, 6.45) is 48.0. The Kier molecular flexibility index (Phi) is 45.2. The molecule has 0 aromatic rings. The van der Waals surface area contributed by atoms with Gasteiger partial charge in [-0.1, -0.05) is 252 Å². The van der Waals surface area contributed by atoms with E-state index in [0.717, 1.165) is 63.7 Å². The van der Waals surface area contributed by atoms with E-state index in [2.05, 4.69) is 27.7 Å². The van der Waals surface area contributed by atoms with Crippen molar-refractivity contribution in [2.45, 2.75) is 297 Å². The Morgan fingerprint density at radius 3 is 0.845 bits per heavy atom. The van der Waals surface area contributed by atoms with Crippen molar-refractivity contribution in [2.24, 2.45) is 5.92 Å². The van der Waals surface area contributed by atoms with Crippen LogP contribution in [0.15, 0.2) is 0 Å². The molecule has 1 atom stereocenters. The van der Waals surface area contributed by atoms with Crippen LogP contribution in [0.3, 0.4) is 0 Å². The van der Waals surface area contributed by atoms with Gasteiger partial charge in [0.05, 0.1) is 0 Å². The molecule has 0 aliphatic carbocycles. The smallest absolute Gasteiger partial charge is 0.306 e. The van der Waals surface area contributed by atoms with Gasteiger partial charge in [-0.25, -0.2) is 0 Å². The first-order valence-corrected chi connectivity index (χ1v) is 25.9. The number of unbranched alkanes of at least 4 members (excludes halogenated alkanes) is 34. The quantitative estimate of drug-likeness (QED) is 0.0346. The van der Waals surface area contributed by atoms with Gasteiger partial charge in [-0.2, -0.15) is 0 Å². The van der Waals surface area contributed by atoms with E-state index in [-0.39, 0.29) is 31.1 Å². The summed E-state index contributed by atoms with van der Waals surface area (Å²) in [5.74, 6) is -0.0369. The van der Waals surface area contributed by atoms with Crippen molar-refractivity contribution in [3.63, 3.8) is 0 Å². The second kappa shape index (κ2) is 46.5. The molecule has 0 aromatic heterocycles. The van der Waals surface area contributed by atoms with E-state index in [9.17, 15) is 14.4 Å². The third-order valence-electron chi connectivity index (χ3n) is 11.8. The van der Waals surface area contributed by atoms with Crippen LogP contribution in [0.2, 0.25) is 0 Å². The van der Waals surface area contributed by atoms with E-state index >= 15 is 0 Å². The van der Waals surface area contributed by atoms with E-state index in [0.29, 0.717) is 19.3 Å². The Hall–Kier alpha value is -1.59. The molecule has 0 heterocycles. The minimum Gasteiger partial charge on any atom is -0.462 e. The minimum absolute atomic E-state index is 0.0629. The first kappa shape index (κ1) is 56.4. The topological polar surface area (TPSA) is 78.9 Å². The summed E-state index contributed by atoms with van der Waals surface area (Å²) in [6.45, 7) is 9.00. The van der Waals surface area contributed by atoms with E-state index in [4.69, 9.17) is 14.2 Å². The van der Waals surface area contributed by atoms with Gasteiger partial charge >= 0.3 is 17.9 Å². The van der Waals surface area contributed by atoms with Crippen LogP contribution < -0.4 is 0 Å². The molecule has 0 fully saturated rings. The molecule has 0 aromatic carbocycles. The molecule has 6 heteroatoms. The number of rotatable bonds is 47. The first-order valence-electron chi connectivity index (χ1n) is 25.9. The normalized spacial score (nSPS) is 11.9. The summed E-state index contributed by atoms with van der Waals surface area (Å²) in [7, 11) is 0. The molecule has 0 aliphatic heterocycles. The van der Waals surface area contributed by atoms with E-state index in [1.807, 2.05) is 0 Å². The molecule has 344 valence electrons. The van der Waals surface area contributed by atoms with Crippen molar-refractivity contribution in [1.82, 2.24) is 0 Å². The number of ether oxygens (including phenoxy) is 3. The molecule has 0 unspecified atom stereocenters. The first-order chi connectivity index (χ1) is 28.4. The zero-order valence-electron chi connectivity index (χ0n) is 39.5. The van der Waals surface area contributed by atoms with Gasteiger partial charge in [0, 0.05) is 19.3 Å². The molecule has 0 saturated heterocycles. The molecule has 6 nitrogen and oxygen atoms in total. The van der Waals surface area contributed by atoms with Crippen molar-refractivity contribution >= 4 is 17.9 Å². The van der Waals surface area contributed by atoms with Crippen molar-refractivity contribution in [1.29, 1.82) is 0 Å². The van der Waals surface area contributed by atoms with Crippen molar-refractivity contribution < 1.29 is 28.6 Å². The fourth-order valence-corrected chi connectivity index (χ4v) is 7.86. The predicted octanol–water partition coefficient (Wildman–Crippen LogP) is 16.7. The number of carbonyl (C=O) groups excluding carboxylic acids is 3.